The number of hydrogen-bond acceptors (Lipinski definition) is 8. The van der Waals surface area contributed by atoms with Gasteiger partial charge in [-0.3, -0.25) is 4.98 Å². The average Bonchev–Trinajstić information content (AvgIpc) is 3.62. The van der Waals surface area contributed by atoms with Crippen LogP contribution in [0.15, 0.2) is 54.7 Å². The summed E-state index contributed by atoms with van der Waals surface area (Å²) in [6, 6.07) is 13.9. The smallest absolute Gasteiger partial charge is 0.215 e. The van der Waals surface area contributed by atoms with Crippen LogP contribution in [-0.2, 0) is 20.4 Å². The van der Waals surface area contributed by atoms with Crippen molar-refractivity contribution in [2.75, 3.05) is 18.9 Å². The first-order valence-corrected chi connectivity index (χ1v) is 14.2. The number of halogens is 1. The lowest BCUT2D eigenvalue weighted by Gasteiger charge is -2.36. The van der Waals surface area contributed by atoms with E-state index < -0.39 is 26.9 Å². The maximum absolute atomic E-state index is 13.0. The van der Waals surface area contributed by atoms with Gasteiger partial charge in [-0.05, 0) is 54.1 Å². The van der Waals surface area contributed by atoms with Crippen molar-refractivity contribution in [1.82, 2.24) is 14.7 Å². The van der Waals surface area contributed by atoms with E-state index in [4.69, 9.17) is 22.1 Å². The highest BCUT2D eigenvalue weighted by Crippen LogP contribution is 2.41. The third-order valence-corrected chi connectivity index (χ3v) is 10.00. The minimum Gasteiger partial charge on any atom is -0.384 e. The van der Waals surface area contributed by atoms with E-state index >= 15 is 0 Å². The van der Waals surface area contributed by atoms with Crippen LogP contribution in [0.2, 0.25) is 5.02 Å². The third kappa shape index (κ3) is 4.27. The molecule has 36 heavy (non-hydrogen) atoms. The molecule has 1 aromatic carbocycles. The molecule has 11 heteroatoms. The first kappa shape index (κ1) is 23.8. The Labute approximate surface area is 217 Å². The molecule has 2 aliphatic rings. The molecular weight excluding hydrogens is 520 g/mol. The van der Waals surface area contributed by atoms with E-state index in [1.165, 1.54) is 11.3 Å². The van der Waals surface area contributed by atoms with E-state index in [0.29, 0.717) is 29.3 Å². The molecule has 0 spiro atoms. The van der Waals surface area contributed by atoms with Gasteiger partial charge in [0, 0.05) is 21.3 Å². The van der Waals surface area contributed by atoms with Gasteiger partial charge in [-0.25, -0.2) is 18.1 Å². The zero-order valence-corrected chi connectivity index (χ0v) is 21.4. The van der Waals surface area contributed by atoms with Gasteiger partial charge in [0.1, 0.15) is 11.4 Å². The van der Waals surface area contributed by atoms with Gasteiger partial charge >= 0.3 is 0 Å². The van der Waals surface area contributed by atoms with Crippen LogP contribution in [0.25, 0.3) is 21.3 Å². The molecule has 1 atom stereocenters. The van der Waals surface area contributed by atoms with Gasteiger partial charge in [0.2, 0.25) is 10.0 Å². The number of hydrogen-bond donors (Lipinski definition) is 3. The topological polar surface area (TPSA) is 127 Å². The van der Waals surface area contributed by atoms with Crippen LogP contribution in [0.4, 0.5) is 5.82 Å². The van der Waals surface area contributed by atoms with Crippen LogP contribution in [0.5, 0.6) is 0 Å². The summed E-state index contributed by atoms with van der Waals surface area (Å²) in [7, 11) is -3.57. The number of fused-ring (bicyclic) bond motifs is 1. The lowest BCUT2D eigenvalue weighted by Crippen LogP contribution is -2.46. The minimum atomic E-state index is -3.57. The summed E-state index contributed by atoms with van der Waals surface area (Å²) in [5.74, 6) is 0.255. The SMILES string of the molecule is Nc1ccc(Cl)c(C(NS(=O)(=O)C2CC2)c2cc3cccc(-c4cc(C5(O)COC5)ccn4)c3s2)n1. The molecule has 1 unspecified atom stereocenters. The molecule has 1 aliphatic carbocycles. The Morgan fingerprint density at radius 2 is 2.00 bits per heavy atom. The van der Waals surface area contributed by atoms with E-state index in [0.717, 1.165) is 26.1 Å². The fourth-order valence-corrected chi connectivity index (χ4v) is 7.36. The van der Waals surface area contributed by atoms with Crippen LogP contribution in [0, 0.1) is 0 Å². The number of aromatic nitrogens is 2. The highest BCUT2D eigenvalue weighted by atomic mass is 35.5. The highest BCUT2D eigenvalue weighted by molar-refractivity contribution is 7.90. The summed E-state index contributed by atoms with van der Waals surface area (Å²) in [4.78, 5) is 9.69. The normalized spacial score (nSPS) is 18.2. The molecule has 3 aromatic heterocycles. The second-order valence-electron chi connectivity index (χ2n) is 9.23. The standard InChI is InChI=1S/C25H23ClN4O4S2/c26-18-6-7-21(27)29-22(18)23(30-36(32,33)16-4-5-16)20-10-14-2-1-3-17(24(14)35-20)19-11-15(8-9-28-19)25(31)12-34-13-25/h1-3,6-11,16,23,30-31H,4-5,12-13H2,(H2,27,29). The Balaban J connectivity index is 1.46. The maximum atomic E-state index is 13.0. The molecule has 0 amide bonds. The molecular formula is C25H23ClN4O4S2. The predicted octanol–water partition coefficient (Wildman–Crippen LogP) is 3.98. The number of nitrogen functional groups attached to an aromatic ring is 1. The number of pyridine rings is 2. The molecule has 4 N–H and O–H groups in total. The third-order valence-electron chi connectivity index (χ3n) is 6.52. The number of nitrogens with two attached hydrogens (primary N) is 1. The zero-order valence-electron chi connectivity index (χ0n) is 19.0. The zero-order chi connectivity index (χ0) is 25.1. The summed E-state index contributed by atoms with van der Waals surface area (Å²) in [6.45, 7) is 0.501. The van der Waals surface area contributed by atoms with Gasteiger partial charge in [0.15, 0.2) is 0 Å². The average molecular weight is 543 g/mol. The van der Waals surface area contributed by atoms with Crippen molar-refractivity contribution in [3.63, 3.8) is 0 Å². The van der Waals surface area contributed by atoms with E-state index in [9.17, 15) is 13.5 Å². The number of sulfonamides is 1. The van der Waals surface area contributed by atoms with Gasteiger partial charge in [0.05, 0.1) is 40.9 Å². The lowest BCUT2D eigenvalue weighted by atomic mass is 9.91. The van der Waals surface area contributed by atoms with Crippen molar-refractivity contribution >= 4 is 48.9 Å². The predicted molar refractivity (Wildman–Crippen MR) is 140 cm³/mol. The van der Waals surface area contributed by atoms with Crippen LogP contribution in [-0.4, -0.2) is 42.0 Å². The van der Waals surface area contributed by atoms with Crippen molar-refractivity contribution in [3.05, 3.63) is 75.9 Å². The van der Waals surface area contributed by atoms with Gasteiger partial charge in [0.25, 0.3) is 0 Å². The molecule has 0 bridgehead atoms. The molecule has 1 saturated carbocycles. The van der Waals surface area contributed by atoms with Gasteiger partial charge < -0.3 is 15.6 Å². The van der Waals surface area contributed by atoms with Crippen molar-refractivity contribution in [2.24, 2.45) is 0 Å². The van der Waals surface area contributed by atoms with E-state index in [2.05, 4.69) is 14.7 Å². The second kappa shape index (κ2) is 8.76. The molecule has 8 nitrogen and oxygen atoms in total. The van der Waals surface area contributed by atoms with Crippen molar-refractivity contribution in [3.8, 4) is 11.3 Å². The summed E-state index contributed by atoms with van der Waals surface area (Å²) in [6.07, 6.45) is 2.95. The highest BCUT2D eigenvalue weighted by Gasteiger charge is 2.39. The first-order valence-electron chi connectivity index (χ1n) is 11.5. The van der Waals surface area contributed by atoms with Crippen LogP contribution in [0.3, 0.4) is 0 Å². The quantitative estimate of drug-likeness (QED) is 0.322. The summed E-state index contributed by atoms with van der Waals surface area (Å²) in [5.41, 5.74) is 7.63. The van der Waals surface area contributed by atoms with E-state index in [1.54, 1.807) is 24.4 Å². The molecule has 4 heterocycles. The Bertz CT molecular complexity index is 1580. The summed E-state index contributed by atoms with van der Waals surface area (Å²) >= 11 is 7.93. The second-order valence-corrected chi connectivity index (χ2v) is 12.7. The largest absolute Gasteiger partial charge is 0.384 e. The summed E-state index contributed by atoms with van der Waals surface area (Å²) in [5, 5.41) is 11.6. The fourth-order valence-electron chi connectivity index (χ4n) is 4.32. The van der Waals surface area contributed by atoms with E-state index in [1.807, 2.05) is 30.3 Å². The number of anilines is 1. The Kier molecular flexibility index (Phi) is 5.78. The maximum Gasteiger partial charge on any atom is 0.215 e. The number of thiophene rings is 1. The molecule has 1 saturated heterocycles. The number of aliphatic hydroxyl groups is 1. The van der Waals surface area contributed by atoms with Crippen molar-refractivity contribution < 1.29 is 18.3 Å². The number of benzene rings is 1. The Morgan fingerprint density at radius 1 is 1.19 bits per heavy atom. The van der Waals surface area contributed by atoms with Crippen LogP contribution in [0.1, 0.15) is 35.0 Å². The first-order chi connectivity index (χ1) is 17.2. The molecule has 2 fully saturated rings. The molecule has 186 valence electrons. The number of nitrogens with zero attached hydrogens (tertiary/aromatic N) is 2. The van der Waals surface area contributed by atoms with Crippen molar-refractivity contribution in [1.29, 1.82) is 0 Å². The number of rotatable bonds is 7. The Morgan fingerprint density at radius 3 is 2.72 bits per heavy atom. The van der Waals surface area contributed by atoms with E-state index in [-0.39, 0.29) is 19.0 Å². The molecule has 6 rings (SSSR count). The van der Waals surface area contributed by atoms with Crippen molar-refractivity contribution in [2.45, 2.75) is 29.7 Å². The number of ether oxygens (including phenoxy) is 1. The molecule has 0 radical (unpaired) electrons. The van der Waals surface area contributed by atoms with Gasteiger partial charge in [-0.15, -0.1) is 11.3 Å². The molecule has 1 aliphatic heterocycles. The van der Waals surface area contributed by atoms with Gasteiger partial charge in [-0.1, -0.05) is 29.8 Å². The molecule has 4 aromatic rings. The van der Waals surface area contributed by atoms with Crippen LogP contribution >= 0.6 is 22.9 Å². The fraction of sp³-hybridized carbons (Fsp3) is 0.280. The van der Waals surface area contributed by atoms with Crippen LogP contribution < -0.4 is 10.5 Å². The monoisotopic (exact) mass is 542 g/mol. The Hall–Kier alpha value is -2.60. The lowest BCUT2D eigenvalue weighted by molar-refractivity contribution is -0.184. The minimum absolute atomic E-state index is 0.251. The summed E-state index contributed by atoms with van der Waals surface area (Å²) < 4.78 is 34.9. The number of nitrogens with one attached hydrogen (secondary N) is 1. The van der Waals surface area contributed by atoms with Gasteiger partial charge in [-0.2, -0.15) is 0 Å².